The van der Waals surface area contributed by atoms with Gasteiger partial charge in [0.05, 0.1) is 5.69 Å². The van der Waals surface area contributed by atoms with Crippen molar-refractivity contribution in [2.75, 3.05) is 13.3 Å². The number of nitrogens with two attached hydrogens (primary N) is 1. The molecular formula is C24H24F10N4O5. The lowest BCUT2D eigenvalue weighted by molar-refractivity contribution is -0.193. The molecule has 4 rings (SSSR count). The zero-order chi connectivity index (χ0) is 32.7. The molecule has 9 nitrogen and oxygen atoms in total. The van der Waals surface area contributed by atoms with Crippen molar-refractivity contribution in [2.45, 2.75) is 62.7 Å². The van der Waals surface area contributed by atoms with Gasteiger partial charge in [0.25, 0.3) is 0 Å². The number of aliphatic carboxylic acids is 2. The number of hydrogen-bond donors (Lipinski definition) is 3. The van der Waals surface area contributed by atoms with Crippen molar-refractivity contribution in [3.8, 4) is 6.01 Å². The third-order valence-electron chi connectivity index (χ3n) is 6.28. The lowest BCUT2D eigenvalue weighted by atomic mass is 9.77. The first-order valence-corrected chi connectivity index (χ1v) is 12.1. The number of fused-ring (bicyclic) bond motifs is 1. The molecule has 1 aliphatic carbocycles. The van der Waals surface area contributed by atoms with E-state index in [1.165, 1.54) is 0 Å². The van der Waals surface area contributed by atoms with Crippen molar-refractivity contribution in [1.82, 2.24) is 14.9 Å². The van der Waals surface area contributed by atoms with Crippen LogP contribution in [0, 0.1) is 17.5 Å². The summed E-state index contributed by atoms with van der Waals surface area (Å²) in [6.07, 6.45) is -6.53. The first-order valence-electron chi connectivity index (χ1n) is 12.1. The van der Waals surface area contributed by atoms with Crippen molar-refractivity contribution in [3.05, 3.63) is 52.6 Å². The quantitative estimate of drug-likeness (QED) is 0.320. The van der Waals surface area contributed by atoms with Crippen LogP contribution in [0.2, 0.25) is 0 Å². The minimum absolute atomic E-state index is 0.0814. The van der Waals surface area contributed by atoms with Gasteiger partial charge in [-0.25, -0.2) is 32.1 Å². The van der Waals surface area contributed by atoms with Crippen molar-refractivity contribution >= 4 is 11.9 Å². The van der Waals surface area contributed by atoms with Crippen LogP contribution in [0.15, 0.2) is 18.3 Å². The highest BCUT2D eigenvalue weighted by Gasteiger charge is 2.39. The summed E-state index contributed by atoms with van der Waals surface area (Å²) in [5.41, 5.74) is 8.29. The summed E-state index contributed by atoms with van der Waals surface area (Å²) < 4.78 is 122. The van der Waals surface area contributed by atoms with Crippen LogP contribution < -0.4 is 10.5 Å². The Kier molecular flexibility index (Phi) is 12.1. The highest BCUT2D eigenvalue weighted by Crippen LogP contribution is 2.38. The van der Waals surface area contributed by atoms with E-state index < -0.39 is 48.4 Å². The van der Waals surface area contributed by atoms with Crippen LogP contribution in [-0.2, 0) is 22.7 Å². The summed E-state index contributed by atoms with van der Waals surface area (Å²) in [5.74, 6) is -8.88. The molecule has 2 heterocycles. The maximum Gasteiger partial charge on any atom is 0.490 e. The number of halogens is 10. The average molecular weight is 638 g/mol. The molecule has 0 saturated heterocycles. The predicted octanol–water partition coefficient (Wildman–Crippen LogP) is 4.49. The molecule has 2 aliphatic rings. The van der Waals surface area contributed by atoms with E-state index in [4.69, 9.17) is 30.3 Å². The van der Waals surface area contributed by atoms with Crippen LogP contribution in [0.25, 0.3) is 0 Å². The average Bonchev–Trinajstić information content (AvgIpc) is 3.33. The fourth-order valence-electron chi connectivity index (χ4n) is 4.34. The van der Waals surface area contributed by atoms with E-state index >= 15 is 0 Å². The number of alkyl halides is 7. The Bertz CT molecular complexity index is 1250. The van der Waals surface area contributed by atoms with Gasteiger partial charge in [-0.3, -0.25) is 4.90 Å². The van der Waals surface area contributed by atoms with Crippen LogP contribution in [-0.4, -0.2) is 74.7 Å². The Balaban J connectivity index is 0.000000384. The van der Waals surface area contributed by atoms with Crippen molar-refractivity contribution in [3.63, 3.8) is 0 Å². The minimum Gasteiger partial charge on any atom is -0.475 e. The highest BCUT2D eigenvalue weighted by atomic mass is 19.4. The maximum absolute atomic E-state index is 14.2. The number of carboxylic acids is 2. The van der Waals surface area contributed by atoms with Gasteiger partial charge in [-0.2, -0.15) is 31.3 Å². The molecular weight excluding hydrogens is 614 g/mol. The summed E-state index contributed by atoms with van der Waals surface area (Å²) in [6.45, 7) is 0.583. The highest BCUT2D eigenvalue weighted by molar-refractivity contribution is 5.73. The topological polar surface area (TPSA) is 139 Å². The molecule has 0 unspecified atom stereocenters. The van der Waals surface area contributed by atoms with E-state index in [9.17, 15) is 43.9 Å². The van der Waals surface area contributed by atoms with Gasteiger partial charge in [0, 0.05) is 48.9 Å². The summed E-state index contributed by atoms with van der Waals surface area (Å²) in [6, 6.07) is 1.47. The Morgan fingerprint density at radius 3 is 2.02 bits per heavy atom. The molecule has 0 bridgehead atoms. The third-order valence-corrected chi connectivity index (χ3v) is 6.28. The molecule has 1 aliphatic heterocycles. The second-order valence-electron chi connectivity index (χ2n) is 9.20. The van der Waals surface area contributed by atoms with Gasteiger partial charge in [-0.1, -0.05) is 0 Å². The van der Waals surface area contributed by atoms with Gasteiger partial charge in [-0.05, 0) is 30.9 Å². The summed E-state index contributed by atoms with van der Waals surface area (Å²) in [5, 5.41) is 14.2. The smallest absolute Gasteiger partial charge is 0.475 e. The fourth-order valence-corrected chi connectivity index (χ4v) is 4.34. The normalized spacial score (nSPS) is 20.2. The lowest BCUT2D eigenvalue weighted by Gasteiger charge is -2.38. The van der Waals surface area contributed by atoms with Gasteiger partial charge in [0.2, 0.25) is 0 Å². The van der Waals surface area contributed by atoms with E-state index in [1.54, 1.807) is 6.20 Å². The molecule has 0 amide bonds. The van der Waals surface area contributed by atoms with Crippen molar-refractivity contribution in [1.29, 1.82) is 0 Å². The first-order chi connectivity index (χ1) is 19.8. The number of rotatable bonds is 5. The zero-order valence-electron chi connectivity index (χ0n) is 21.7. The second-order valence-corrected chi connectivity index (χ2v) is 9.20. The zero-order valence-corrected chi connectivity index (χ0v) is 21.7. The largest absolute Gasteiger partial charge is 0.490 e. The van der Waals surface area contributed by atoms with Crippen molar-refractivity contribution in [2.24, 2.45) is 5.73 Å². The second kappa shape index (κ2) is 14.6. The van der Waals surface area contributed by atoms with Gasteiger partial charge in [0.15, 0.2) is 11.6 Å². The number of carboxylic acid groups (broad SMARTS) is 2. The number of benzene rings is 1. The third kappa shape index (κ3) is 10.2. The van der Waals surface area contributed by atoms with Gasteiger partial charge >= 0.3 is 30.3 Å². The van der Waals surface area contributed by atoms with Gasteiger partial charge in [-0.15, -0.1) is 0 Å². The monoisotopic (exact) mass is 638 g/mol. The molecule has 1 aromatic heterocycles. The number of nitrogens with zero attached hydrogens (tertiary/aromatic N) is 3. The van der Waals surface area contributed by atoms with Crippen LogP contribution in [0.3, 0.4) is 0 Å². The van der Waals surface area contributed by atoms with E-state index in [-0.39, 0.29) is 36.2 Å². The predicted molar refractivity (Wildman–Crippen MR) is 125 cm³/mol. The van der Waals surface area contributed by atoms with E-state index in [0.717, 1.165) is 23.7 Å². The molecule has 1 saturated carbocycles. The molecule has 0 radical (unpaired) electrons. The van der Waals surface area contributed by atoms with Gasteiger partial charge in [0.1, 0.15) is 19.1 Å². The van der Waals surface area contributed by atoms with Crippen LogP contribution in [0.1, 0.15) is 42.0 Å². The lowest BCUT2D eigenvalue weighted by Crippen LogP contribution is -2.44. The Morgan fingerprint density at radius 2 is 1.51 bits per heavy atom. The number of carbonyl (C=O) groups is 2. The molecule has 1 aromatic carbocycles. The fraction of sp³-hybridized carbons (Fsp3) is 0.500. The molecule has 4 N–H and O–H groups in total. The Labute approximate surface area is 236 Å². The van der Waals surface area contributed by atoms with Crippen LogP contribution in [0.5, 0.6) is 6.01 Å². The summed E-state index contributed by atoms with van der Waals surface area (Å²) in [4.78, 5) is 28.5. The number of ether oxygens (including phenoxy) is 1. The van der Waals surface area contributed by atoms with E-state index in [0.29, 0.717) is 32.0 Å². The number of aromatic nitrogens is 2. The molecule has 0 spiro atoms. The molecule has 43 heavy (non-hydrogen) atoms. The Hall–Kier alpha value is -3.74. The Morgan fingerprint density at radius 1 is 0.953 bits per heavy atom. The van der Waals surface area contributed by atoms with E-state index in [2.05, 4.69) is 14.9 Å². The first kappa shape index (κ1) is 35.5. The van der Waals surface area contributed by atoms with Crippen molar-refractivity contribution < 1.29 is 68.4 Å². The van der Waals surface area contributed by atoms with E-state index in [1.807, 2.05) is 0 Å². The van der Waals surface area contributed by atoms with Gasteiger partial charge < -0.3 is 20.7 Å². The van der Waals surface area contributed by atoms with Crippen LogP contribution in [0.4, 0.5) is 43.9 Å². The minimum atomic E-state index is -5.08. The summed E-state index contributed by atoms with van der Waals surface area (Å²) in [7, 11) is 0. The maximum atomic E-state index is 14.2. The van der Waals surface area contributed by atoms with Crippen LogP contribution >= 0.6 is 0 Å². The molecule has 2 aromatic rings. The molecule has 240 valence electrons. The number of hydrogen-bond acceptors (Lipinski definition) is 7. The standard InChI is InChI=1S/C20H22F4N4O.2C2HF3O2/c21-3-4-29-20-26-8-11-9-28(10-19(11)27-20)12-1-2-13(18(25)5-12)14-6-16(23)17(24)7-15(14)22;2*3-2(4,5)1(6)7/h6-8,12-13,18H,1-5,9-10,25H2;2*(H,6,7)/t12-,13+,18-;;/m0../s1. The summed E-state index contributed by atoms with van der Waals surface area (Å²) >= 11 is 0. The molecule has 19 heteroatoms. The molecule has 3 atom stereocenters. The molecule has 1 fully saturated rings. The SMILES string of the molecule is N[C@H]1C[C@@H](N2Cc3cnc(OCCF)nc3C2)CC[C@@H]1c1cc(F)c(F)cc1F.O=C(O)C(F)(F)F.O=C(O)C(F)(F)F.